The first kappa shape index (κ1) is 28.7. The highest BCUT2D eigenvalue weighted by atomic mass is 31.2. The molecule has 0 unspecified atom stereocenters. The van der Waals surface area contributed by atoms with E-state index < -0.39 is 8.60 Å². The molecule has 0 spiro atoms. The Morgan fingerprint density at radius 3 is 1.06 bits per heavy atom. The van der Waals surface area contributed by atoms with E-state index in [0.29, 0.717) is 11.5 Å². The summed E-state index contributed by atoms with van der Waals surface area (Å²) in [5.74, 6) is 1.31. The minimum Gasteiger partial charge on any atom is -0.765 e. The van der Waals surface area contributed by atoms with E-state index in [2.05, 4.69) is 107 Å². The van der Waals surface area contributed by atoms with Gasteiger partial charge >= 0.3 is 0 Å². The third-order valence-electron chi connectivity index (χ3n) is 6.23. The van der Waals surface area contributed by atoms with Crippen molar-refractivity contribution in [3.63, 3.8) is 0 Å². The second-order valence-corrected chi connectivity index (χ2v) is 14.6. The van der Waals surface area contributed by atoms with Gasteiger partial charge < -0.3 is 13.9 Å². The summed E-state index contributed by atoms with van der Waals surface area (Å²) in [5.41, 5.74) is 6.19. The monoisotopic (exact) mass is 485 g/mol. The van der Waals surface area contributed by atoms with Crippen molar-refractivity contribution >= 4 is 8.60 Å². The van der Waals surface area contributed by atoms with E-state index in [1.165, 1.54) is 11.1 Å². The largest absolute Gasteiger partial charge is 0.765 e. The zero-order chi connectivity index (χ0) is 26.4. The van der Waals surface area contributed by atoms with Crippen molar-refractivity contribution in [1.82, 2.24) is 0 Å². The molecule has 0 aliphatic rings. The van der Waals surface area contributed by atoms with Gasteiger partial charge in [-0.2, -0.15) is 0 Å². The zero-order valence-corrected chi connectivity index (χ0v) is 24.9. The van der Waals surface area contributed by atoms with Gasteiger partial charge in [-0.1, -0.05) is 107 Å². The second-order valence-electron chi connectivity index (χ2n) is 13.7. The average molecular weight is 486 g/mol. The predicted octanol–water partition coefficient (Wildman–Crippen LogP) is 8.54. The van der Waals surface area contributed by atoms with Crippen LogP contribution in [0.5, 0.6) is 11.5 Å². The minimum atomic E-state index is -2.42. The number of hydrogen-bond donors (Lipinski definition) is 0. The molecule has 0 aliphatic heterocycles. The number of benzene rings is 2. The summed E-state index contributed by atoms with van der Waals surface area (Å²) in [6.07, 6.45) is 0. The molecule has 0 radical (unpaired) electrons. The summed E-state index contributed by atoms with van der Waals surface area (Å²) < 4.78 is 12.2. The van der Waals surface area contributed by atoms with E-state index in [4.69, 9.17) is 9.05 Å². The minimum absolute atomic E-state index is 0.00944. The van der Waals surface area contributed by atoms with Crippen molar-refractivity contribution in [3.05, 3.63) is 57.6 Å². The lowest BCUT2D eigenvalue weighted by Crippen LogP contribution is -2.21. The van der Waals surface area contributed by atoms with Gasteiger partial charge in [0.15, 0.2) is 0 Å². The molecule has 0 N–H and O–H groups in total. The van der Waals surface area contributed by atoms with E-state index in [-0.39, 0.29) is 21.7 Å². The molecular formula is C30H46O3P-. The molecule has 0 amide bonds. The molecule has 0 saturated carbocycles. The first-order chi connectivity index (χ1) is 15.1. The summed E-state index contributed by atoms with van der Waals surface area (Å²) in [4.78, 5) is 13.3. The summed E-state index contributed by atoms with van der Waals surface area (Å²) in [7, 11) is -2.42. The third kappa shape index (κ3) is 6.76. The van der Waals surface area contributed by atoms with Crippen LogP contribution in [0.2, 0.25) is 0 Å². The van der Waals surface area contributed by atoms with E-state index in [1.807, 2.05) is 13.8 Å². The maximum Gasteiger partial charge on any atom is 0.210 e. The number of aryl methyl sites for hydroxylation is 2. The lowest BCUT2D eigenvalue weighted by atomic mass is 9.79. The second kappa shape index (κ2) is 9.47. The Morgan fingerprint density at radius 1 is 0.529 bits per heavy atom. The Hall–Kier alpha value is -1.57. The summed E-state index contributed by atoms with van der Waals surface area (Å²) >= 11 is 0. The van der Waals surface area contributed by atoms with Gasteiger partial charge in [-0.05, 0) is 57.8 Å². The summed E-state index contributed by atoms with van der Waals surface area (Å²) in [5, 5.41) is 0. The van der Waals surface area contributed by atoms with Crippen LogP contribution in [0.25, 0.3) is 0 Å². The molecule has 0 saturated heterocycles. The Balaban J connectivity index is 2.52. The predicted molar refractivity (Wildman–Crippen MR) is 145 cm³/mol. The lowest BCUT2D eigenvalue weighted by Gasteiger charge is -2.34. The molecular weight excluding hydrogens is 439 g/mol. The van der Waals surface area contributed by atoms with Crippen molar-refractivity contribution in [2.75, 3.05) is 0 Å². The van der Waals surface area contributed by atoms with Gasteiger partial charge in [0.25, 0.3) is 0 Å². The number of hydrogen-bond acceptors (Lipinski definition) is 3. The third-order valence-corrected chi connectivity index (χ3v) is 6.89. The molecule has 0 bridgehead atoms. The number of rotatable bonds is 4. The molecule has 0 atom stereocenters. The molecule has 0 heterocycles. The van der Waals surface area contributed by atoms with Crippen LogP contribution in [0.3, 0.4) is 0 Å². The summed E-state index contributed by atoms with van der Waals surface area (Å²) in [6, 6.07) is 8.65. The highest BCUT2D eigenvalue weighted by Crippen LogP contribution is 2.46. The topological polar surface area (TPSA) is 41.5 Å². The standard InChI is InChI=1S/C30H46O3P/c1-19-15-21(27(3,4)5)17-23(29(9,10)11)25(19)32-34(31)33-26-20(2)16-22(28(6,7)8)18-24(26)30(12,13)14/h15-18H,1-14H3/q-1. The fourth-order valence-corrected chi connectivity index (χ4v) is 4.76. The normalized spacial score (nSPS) is 13.4. The van der Waals surface area contributed by atoms with Gasteiger partial charge in [0.05, 0.1) is 0 Å². The molecule has 2 aromatic carbocycles. The molecule has 0 fully saturated rings. The van der Waals surface area contributed by atoms with Crippen LogP contribution in [0.4, 0.5) is 0 Å². The van der Waals surface area contributed by atoms with E-state index >= 15 is 0 Å². The van der Waals surface area contributed by atoms with E-state index in [1.54, 1.807) is 0 Å². The van der Waals surface area contributed by atoms with Gasteiger partial charge in [-0.25, -0.2) is 0 Å². The molecule has 0 aromatic heterocycles. The Kier molecular flexibility index (Phi) is 7.99. The van der Waals surface area contributed by atoms with Crippen LogP contribution in [0.15, 0.2) is 24.3 Å². The van der Waals surface area contributed by atoms with Crippen molar-refractivity contribution < 1.29 is 13.9 Å². The fraction of sp³-hybridized carbons (Fsp3) is 0.600. The van der Waals surface area contributed by atoms with Crippen LogP contribution in [-0.2, 0) is 21.7 Å². The smallest absolute Gasteiger partial charge is 0.210 e. The van der Waals surface area contributed by atoms with Gasteiger partial charge in [0.2, 0.25) is 8.60 Å². The quantitative estimate of drug-likeness (QED) is 0.407. The van der Waals surface area contributed by atoms with Crippen LogP contribution < -0.4 is 13.9 Å². The molecule has 4 heteroatoms. The van der Waals surface area contributed by atoms with Gasteiger partial charge in [0.1, 0.15) is 11.5 Å². The molecule has 190 valence electrons. The summed E-state index contributed by atoms with van der Waals surface area (Å²) in [6.45, 7) is 30.2. The van der Waals surface area contributed by atoms with Crippen LogP contribution in [0.1, 0.15) is 116 Å². The van der Waals surface area contributed by atoms with Crippen LogP contribution >= 0.6 is 8.60 Å². The first-order valence-corrected chi connectivity index (χ1v) is 13.4. The maximum absolute atomic E-state index is 13.3. The van der Waals surface area contributed by atoms with Crippen LogP contribution in [0, 0.1) is 13.8 Å². The van der Waals surface area contributed by atoms with Crippen molar-refractivity contribution in [1.29, 1.82) is 0 Å². The van der Waals surface area contributed by atoms with Crippen molar-refractivity contribution in [2.24, 2.45) is 0 Å². The molecule has 2 aromatic rings. The lowest BCUT2D eigenvalue weighted by molar-refractivity contribution is -0.189. The van der Waals surface area contributed by atoms with Gasteiger partial charge in [-0.15, -0.1) is 0 Å². The average Bonchev–Trinajstić information content (AvgIpc) is 2.60. The van der Waals surface area contributed by atoms with E-state index in [0.717, 1.165) is 22.3 Å². The highest BCUT2D eigenvalue weighted by Gasteiger charge is 2.28. The van der Waals surface area contributed by atoms with Gasteiger partial charge in [-0.3, -0.25) is 0 Å². The molecule has 2 rings (SSSR count). The molecule has 3 nitrogen and oxygen atoms in total. The fourth-order valence-electron chi connectivity index (χ4n) is 3.94. The maximum atomic E-state index is 13.3. The van der Waals surface area contributed by atoms with Crippen molar-refractivity contribution in [3.8, 4) is 11.5 Å². The Bertz CT molecular complexity index is 942. The zero-order valence-electron chi connectivity index (χ0n) is 24.0. The Morgan fingerprint density at radius 2 is 0.824 bits per heavy atom. The van der Waals surface area contributed by atoms with E-state index in [9.17, 15) is 4.89 Å². The van der Waals surface area contributed by atoms with Crippen LogP contribution in [-0.4, -0.2) is 0 Å². The Labute approximate surface area is 210 Å². The molecule has 34 heavy (non-hydrogen) atoms. The van der Waals surface area contributed by atoms with Gasteiger partial charge in [0, 0.05) is 11.1 Å². The molecule has 0 aliphatic carbocycles. The SMILES string of the molecule is Cc1cc(C(C)(C)C)cc(C(C)(C)C)c1OP([O-])Oc1c(C)cc(C(C)(C)C)cc1C(C)(C)C. The highest BCUT2D eigenvalue weighted by molar-refractivity contribution is 7.40. The van der Waals surface area contributed by atoms with Crippen molar-refractivity contribution in [2.45, 2.75) is 119 Å². The first-order valence-electron chi connectivity index (χ1n) is 12.3.